The van der Waals surface area contributed by atoms with Gasteiger partial charge in [-0.05, 0) is 61.8 Å². The maximum atomic E-state index is 6.65. The Balaban J connectivity index is 1.77. The average Bonchev–Trinajstić information content (AvgIpc) is 2.50. The Labute approximate surface area is 136 Å². The molecule has 0 bridgehead atoms. The fraction of sp³-hybridized carbons (Fsp3) is 0.667. The van der Waals surface area contributed by atoms with Crippen LogP contribution in [0, 0.1) is 12.8 Å². The molecule has 2 unspecified atom stereocenters. The number of aryl methyl sites for hydroxylation is 1. The minimum Gasteiger partial charge on any atom is -0.375 e. The van der Waals surface area contributed by atoms with Gasteiger partial charge in [-0.25, -0.2) is 0 Å². The van der Waals surface area contributed by atoms with E-state index in [1.54, 1.807) is 0 Å². The quantitative estimate of drug-likeness (QED) is 0.823. The summed E-state index contributed by atoms with van der Waals surface area (Å²) in [5, 5.41) is 0. The molecule has 0 aromatic heterocycles. The van der Waals surface area contributed by atoms with Crippen molar-refractivity contribution in [3.05, 3.63) is 33.8 Å². The predicted molar refractivity (Wildman–Crippen MR) is 90.3 cm³/mol. The summed E-state index contributed by atoms with van der Waals surface area (Å²) in [4.78, 5) is 0. The lowest BCUT2D eigenvalue weighted by Gasteiger charge is -2.45. The van der Waals surface area contributed by atoms with Crippen molar-refractivity contribution in [2.75, 3.05) is 6.61 Å². The lowest BCUT2D eigenvalue weighted by Crippen LogP contribution is -2.44. The number of nitrogens with two attached hydrogens (primary N) is 1. The van der Waals surface area contributed by atoms with E-state index in [0.717, 1.165) is 23.9 Å². The van der Waals surface area contributed by atoms with Gasteiger partial charge in [0.05, 0.1) is 5.60 Å². The van der Waals surface area contributed by atoms with E-state index in [1.807, 2.05) is 0 Å². The van der Waals surface area contributed by atoms with E-state index in [4.69, 9.17) is 10.5 Å². The monoisotopic (exact) mass is 351 g/mol. The Bertz CT molecular complexity index is 490. The van der Waals surface area contributed by atoms with Crippen LogP contribution in [0.15, 0.2) is 22.7 Å². The highest BCUT2D eigenvalue weighted by molar-refractivity contribution is 9.10. The highest BCUT2D eigenvalue weighted by atomic mass is 79.9. The second kappa shape index (κ2) is 6.39. The molecule has 1 saturated carbocycles. The van der Waals surface area contributed by atoms with Crippen molar-refractivity contribution in [2.24, 2.45) is 11.7 Å². The first-order valence-corrected chi connectivity index (χ1v) is 9.05. The molecule has 3 heteroatoms. The summed E-state index contributed by atoms with van der Waals surface area (Å²) in [6.45, 7) is 3.04. The number of hydrogen-bond donors (Lipinski definition) is 1. The molecule has 1 aliphatic heterocycles. The first-order valence-electron chi connectivity index (χ1n) is 8.25. The van der Waals surface area contributed by atoms with Gasteiger partial charge in [-0.15, -0.1) is 0 Å². The second-order valence-corrected chi connectivity index (χ2v) is 7.79. The molecular formula is C18H26BrNO. The molecular weight excluding hydrogens is 326 g/mol. The standard InChI is InChI=1S/C18H26BrNO/c1-13-5-6-15(19)11-16(13)17(20)14-7-10-21-18(12-14)8-3-2-4-9-18/h5-6,11,14,17H,2-4,7-10,12,20H2,1H3. The average molecular weight is 352 g/mol. The first-order chi connectivity index (χ1) is 10.1. The van der Waals surface area contributed by atoms with E-state index >= 15 is 0 Å². The minimum absolute atomic E-state index is 0.130. The minimum atomic E-state index is 0.130. The van der Waals surface area contributed by atoms with Crippen LogP contribution in [0.25, 0.3) is 0 Å². The summed E-state index contributed by atoms with van der Waals surface area (Å²) < 4.78 is 7.33. The van der Waals surface area contributed by atoms with E-state index in [9.17, 15) is 0 Å². The maximum absolute atomic E-state index is 6.65. The molecule has 2 fully saturated rings. The molecule has 2 N–H and O–H groups in total. The van der Waals surface area contributed by atoms with Crippen LogP contribution < -0.4 is 5.73 Å². The molecule has 2 nitrogen and oxygen atoms in total. The summed E-state index contributed by atoms with van der Waals surface area (Å²) in [6.07, 6.45) is 8.69. The molecule has 1 aromatic carbocycles. The molecule has 0 radical (unpaired) electrons. The van der Waals surface area contributed by atoms with E-state index < -0.39 is 0 Å². The molecule has 3 rings (SSSR count). The second-order valence-electron chi connectivity index (χ2n) is 6.87. The van der Waals surface area contributed by atoms with Crippen molar-refractivity contribution in [1.29, 1.82) is 0 Å². The SMILES string of the molecule is Cc1ccc(Br)cc1C(N)C1CCOC2(CCCCC2)C1. The zero-order chi connectivity index (χ0) is 14.9. The smallest absolute Gasteiger partial charge is 0.0685 e. The molecule has 1 aromatic rings. The van der Waals surface area contributed by atoms with Gasteiger partial charge in [0, 0.05) is 17.1 Å². The predicted octanol–water partition coefficient (Wildman–Crippen LogP) is 4.89. The Morgan fingerprint density at radius 2 is 2.05 bits per heavy atom. The molecule has 1 heterocycles. The number of ether oxygens (including phenoxy) is 1. The Morgan fingerprint density at radius 1 is 1.29 bits per heavy atom. The van der Waals surface area contributed by atoms with Gasteiger partial charge < -0.3 is 10.5 Å². The van der Waals surface area contributed by atoms with Crippen molar-refractivity contribution in [1.82, 2.24) is 0 Å². The molecule has 21 heavy (non-hydrogen) atoms. The molecule has 1 saturated heterocycles. The van der Waals surface area contributed by atoms with Crippen LogP contribution in [0.5, 0.6) is 0 Å². The van der Waals surface area contributed by atoms with Gasteiger partial charge in [0.15, 0.2) is 0 Å². The van der Waals surface area contributed by atoms with E-state index in [-0.39, 0.29) is 11.6 Å². The number of halogens is 1. The highest BCUT2D eigenvalue weighted by Crippen LogP contribution is 2.44. The summed E-state index contributed by atoms with van der Waals surface area (Å²) in [7, 11) is 0. The summed E-state index contributed by atoms with van der Waals surface area (Å²) >= 11 is 3.58. The van der Waals surface area contributed by atoms with Gasteiger partial charge in [-0.1, -0.05) is 41.3 Å². The van der Waals surface area contributed by atoms with Crippen LogP contribution in [0.3, 0.4) is 0 Å². The number of rotatable bonds is 2. The molecule has 1 aliphatic carbocycles. The van der Waals surface area contributed by atoms with Gasteiger partial charge in [-0.2, -0.15) is 0 Å². The van der Waals surface area contributed by atoms with Crippen molar-refractivity contribution < 1.29 is 4.74 Å². The van der Waals surface area contributed by atoms with E-state index in [0.29, 0.717) is 5.92 Å². The van der Waals surface area contributed by atoms with Crippen molar-refractivity contribution in [3.8, 4) is 0 Å². The summed E-state index contributed by atoms with van der Waals surface area (Å²) in [5.74, 6) is 0.546. The van der Waals surface area contributed by atoms with Gasteiger partial charge in [-0.3, -0.25) is 0 Å². The molecule has 2 aliphatic rings. The third kappa shape index (κ3) is 3.35. The van der Waals surface area contributed by atoms with Gasteiger partial charge >= 0.3 is 0 Å². The molecule has 2 atom stereocenters. The van der Waals surface area contributed by atoms with Crippen LogP contribution in [-0.4, -0.2) is 12.2 Å². The molecule has 116 valence electrons. The number of benzene rings is 1. The Morgan fingerprint density at radius 3 is 2.81 bits per heavy atom. The highest BCUT2D eigenvalue weighted by Gasteiger charge is 2.40. The summed E-state index contributed by atoms with van der Waals surface area (Å²) in [6, 6.07) is 6.58. The van der Waals surface area contributed by atoms with E-state index in [2.05, 4.69) is 41.1 Å². The Kier molecular flexibility index (Phi) is 4.72. The van der Waals surface area contributed by atoms with Crippen LogP contribution in [0.1, 0.15) is 62.1 Å². The largest absolute Gasteiger partial charge is 0.375 e. The number of hydrogen-bond acceptors (Lipinski definition) is 2. The third-order valence-electron chi connectivity index (χ3n) is 5.40. The van der Waals surface area contributed by atoms with Gasteiger partial charge in [0.1, 0.15) is 0 Å². The molecule has 0 amide bonds. The first kappa shape index (κ1) is 15.5. The molecule has 1 spiro atoms. The fourth-order valence-corrected chi connectivity index (χ4v) is 4.52. The zero-order valence-electron chi connectivity index (χ0n) is 12.9. The summed E-state index contributed by atoms with van der Waals surface area (Å²) in [5.41, 5.74) is 9.39. The van der Waals surface area contributed by atoms with Crippen LogP contribution >= 0.6 is 15.9 Å². The lowest BCUT2D eigenvalue weighted by atomic mass is 9.73. The van der Waals surface area contributed by atoms with Crippen molar-refractivity contribution in [3.63, 3.8) is 0 Å². The normalized spacial score (nSPS) is 26.7. The van der Waals surface area contributed by atoms with E-state index in [1.165, 1.54) is 43.2 Å². The fourth-order valence-electron chi connectivity index (χ4n) is 4.14. The van der Waals surface area contributed by atoms with Crippen LogP contribution in [-0.2, 0) is 4.74 Å². The van der Waals surface area contributed by atoms with Gasteiger partial charge in [0.25, 0.3) is 0 Å². The third-order valence-corrected chi connectivity index (χ3v) is 5.90. The topological polar surface area (TPSA) is 35.2 Å². The Hall–Kier alpha value is -0.380. The lowest BCUT2D eigenvalue weighted by molar-refractivity contribution is -0.120. The van der Waals surface area contributed by atoms with Crippen LogP contribution in [0.2, 0.25) is 0 Å². The zero-order valence-corrected chi connectivity index (χ0v) is 14.5. The maximum Gasteiger partial charge on any atom is 0.0685 e. The van der Waals surface area contributed by atoms with Gasteiger partial charge in [0.2, 0.25) is 0 Å². The van der Waals surface area contributed by atoms with Crippen molar-refractivity contribution in [2.45, 2.75) is 63.5 Å². The van der Waals surface area contributed by atoms with Crippen molar-refractivity contribution >= 4 is 15.9 Å². The van der Waals surface area contributed by atoms with Crippen LogP contribution in [0.4, 0.5) is 0 Å².